The molecule has 21 heavy (non-hydrogen) atoms. The van der Waals surface area contributed by atoms with Crippen molar-refractivity contribution in [1.82, 2.24) is 9.97 Å². The third kappa shape index (κ3) is 2.87. The molecular weight excluding hydrogens is 306 g/mol. The minimum absolute atomic E-state index is 0.119. The molecule has 3 heterocycles. The Morgan fingerprint density at radius 3 is 3.00 bits per heavy atom. The molecule has 6 heteroatoms. The molecule has 1 aliphatic heterocycles. The monoisotopic (exact) mass is 325 g/mol. The molecule has 1 atom stereocenters. The highest BCUT2D eigenvalue weighted by Gasteiger charge is 2.32. The third-order valence-electron chi connectivity index (χ3n) is 4.20. The van der Waals surface area contributed by atoms with Gasteiger partial charge in [-0.2, -0.15) is 4.98 Å². The third-order valence-corrected chi connectivity index (χ3v) is 5.54. The van der Waals surface area contributed by atoms with Gasteiger partial charge in [0.25, 0.3) is 0 Å². The van der Waals surface area contributed by atoms with Crippen LogP contribution in [0.4, 0.5) is 5.82 Å². The van der Waals surface area contributed by atoms with Gasteiger partial charge in [0.2, 0.25) is 5.28 Å². The lowest BCUT2D eigenvalue weighted by atomic mass is 9.94. The molecule has 0 aromatic carbocycles. The molecule has 1 unspecified atom stereocenters. The molecule has 1 aliphatic rings. The van der Waals surface area contributed by atoms with Crippen LogP contribution in [0.15, 0.2) is 6.07 Å². The average molecular weight is 326 g/mol. The fourth-order valence-corrected chi connectivity index (χ4v) is 4.08. The molecule has 0 amide bonds. The summed E-state index contributed by atoms with van der Waals surface area (Å²) in [6.07, 6.45) is 3.18. The summed E-state index contributed by atoms with van der Waals surface area (Å²) in [5.74, 6) is 0.948. The van der Waals surface area contributed by atoms with Crippen molar-refractivity contribution >= 4 is 39.0 Å². The molecule has 0 radical (unpaired) electrons. The molecule has 1 fully saturated rings. The summed E-state index contributed by atoms with van der Waals surface area (Å²) >= 11 is 7.83. The zero-order chi connectivity index (χ0) is 15.0. The van der Waals surface area contributed by atoms with Crippen molar-refractivity contribution in [2.24, 2.45) is 0 Å². The highest BCUT2D eigenvalue weighted by Crippen LogP contribution is 2.35. The lowest BCUT2D eigenvalue weighted by Crippen LogP contribution is -2.47. The summed E-state index contributed by atoms with van der Waals surface area (Å²) in [5.41, 5.74) is -0.119. The lowest BCUT2D eigenvalue weighted by Gasteiger charge is -2.40. The largest absolute Gasteiger partial charge is 0.377 e. The summed E-state index contributed by atoms with van der Waals surface area (Å²) in [6, 6.07) is 2.20. The van der Waals surface area contributed by atoms with E-state index in [9.17, 15) is 0 Å². The molecule has 2 aromatic heterocycles. The maximum absolute atomic E-state index is 6.13. The van der Waals surface area contributed by atoms with Gasteiger partial charge in [-0.05, 0) is 43.9 Å². The zero-order valence-electron chi connectivity index (χ0n) is 12.6. The van der Waals surface area contributed by atoms with Crippen LogP contribution in [0.3, 0.4) is 0 Å². The number of hydrogen-bond donors (Lipinski definition) is 0. The van der Waals surface area contributed by atoms with E-state index in [0.29, 0.717) is 5.28 Å². The Balaban J connectivity index is 2.04. The fourth-order valence-electron chi connectivity index (χ4n) is 2.90. The van der Waals surface area contributed by atoms with Gasteiger partial charge in [0, 0.05) is 25.1 Å². The second kappa shape index (κ2) is 5.71. The number of thiophene rings is 1. The summed E-state index contributed by atoms with van der Waals surface area (Å²) in [4.78, 5) is 13.5. The van der Waals surface area contributed by atoms with Crippen molar-refractivity contribution < 1.29 is 4.74 Å². The van der Waals surface area contributed by atoms with Crippen molar-refractivity contribution in [3.63, 3.8) is 0 Å². The zero-order valence-corrected chi connectivity index (χ0v) is 14.2. The molecule has 0 N–H and O–H groups in total. The standard InChI is InChI=1S/C15H20ClN3OS/c1-4-10-8-11-12(17-14(16)18-13(11)21-10)19-7-5-6-15(2,9-19)20-3/h8H,4-7,9H2,1-3H3. The number of aryl methyl sites for hydroxylation is 1. The van der Waals surface area contributed by atoms with E-state index >= 15 is 0 Å². The van der Waals surface area contributed by atoms with Crippen LogP contribution in [0, 0.1) is 0 Å². The maximum Gasteiger partial charge on any atom is 0.225 e. The number of piperidine rings is 1. The van der Waals surface area contributed by atoms with Crippen LogP contribution in [-0.4, -0.2) is 35.8 Å². The summed E-state index contributed by atoms with van der Waals surface area (Å²) in [7, 11) is 1.78. The number of fused-ring (bicyclic) bond motifs is 1. The first-order chi connectivity index (χ1) is 10.0. The summed E-state index contributed by atoms with van der Waals surface area (Å²) in [6.45, 7) is 6.13. The number of anilines is 1. The van der Waals surface area contributed by atoms with Crippen LogP contribution in [0.25, 0.3) is 10.2 Å². The van der Waals surface area contributed by atoms with Crippen molar-refractivity contribution in [3.8, 4) is 0 Å². The number of nitrogens with zero attached hydrogens (tertiary/aromatic N) is 3. The molecule has 4 nitrogen and oxygen atoms in total. The highest BCUT2D eigenvalue weighted by atomic mass is 35.5. The van der Waals surface area contributed by atoms with Gasteiger partial charge in [0.05, 0.1) is 11.0 Å². The SMILES string of the molecule is CCc1cc2c(N3CCCC(C)(OC)C3)nc(Cl)nc2s1. The Kier molecular flexibility index (Phi) is 4.08. The van der Waals surface area contributed by atoms with E-state index in [2.05, 4.69) is 34.8 Å². The Hall–Kier alpha value is -0.910. The summed E-state index contributed by atoms with van der Waals surface area (Å²) < 4.78 is 5.68. The van der Waals surface area contributed by atoms with Gasteiger partial charge in [0.1, 0.15) is 10.6 Å². The van der Waals surface area contributed by atoms with Crippen molar-refractivity contribution in [1.29, 1.82) is 0 Å². The Morgan fingerprint density at radius 2 is 2.29 bits per heavy atom. The molecule has 0 bridgehead atoms. The normalized spacial score (nSPS) is 23.0. The second-order valence-corrected chi connectivity index (χ2v) is 7.23. The van der Waals surface area contributed by atoms with Gasteiger partial charge in [0.15, 0.2) is 0 Å². The van der Waals surface area contributed by atoms with Gasteiger partial charge < -0.3 is 9.64 Å². The van der Waals surface area contributed by atoms with Crippen molar-refractivity contribution in [2.45, 2.75) is 38.7 Å². The Labute approximate surface area is 134 Å². The number of hydrogen-bond acceptors (Lipinski definition) is 5. The van der Waals surface area contributed by atoms with E-state index in [4.69, 9.17) is 16.3 Å². The van der Waals surface area contributed by atoms with Gasteiger partial charge in [-0.25, -0.2) is 4.98 Å². The molecule has 0 aliphatic carbocycles. The van der Waals surface area contributed by atoms with Crippen LogP contribution in [0.1, 0.15) is 31.6 Å². The second-order valence-electron chi connectivity index (χ2n) is 5.78. The highest BCUT2D eigenvalue weighted by molar-refractivity contribution is 7.18. The first-order valence-corrected chi connectivity index (χ1v) is 8.50. The van der Waals surface area contributed by atoms with Gasteiger partial charge in [-0.1, -0.05) is 6.92 Å². The average Bonchev–Trinajstić information content (AvgIpc) is 2.89. The number of aromatic nitrogens is 2. The minimum Gasteiger partial charge on any atom is -0.377 e. The summed E-state index contributed by atoms with van der Waals surface area (Å²) in [5, 5.41) is 1.44. The predicted molar refractivity (Wildman–Crippen MR) is 88.7 cm³/mol. The smallest absolute Gasteiger partial charge is 0.225 e. The molecule has 0 spiro atoms. The van der Waals surface area contributed by atoms with Crippen LogP contribution in [-0.2, 0) is 11.2 Å². The van der Waals surface area contributed by atoms with Crippen molar-refractivity contribution in [2.75, 3.05) is 25.1 Å². The van der Waals surface area contributed by atoms with Crippen LogP contribution >= 0.6 is 22.9 Å². The number of rotatable bonds is 3. The van der Waals surface area contributed by atoms with Crippen molar-refractivity contribution in [3.05, 3.63) is 16.2 Å². The molecule has 2 aromatic rings. The molecular formula is C15H20ClN3OS. The van der Waals surface area contributed by atoms with Gasteiger partial charge >= 0.3 is 0 Å². The van der Waals surface area contributed by atoms with E-state index < -0.39 is 0 Å². The Morgan fingerprint density at radius 1 is 1.48 bits per heavy atom. The van der Waals surface area contributed by atoms with Gasteiger partial charge in [-0.15, -0.1) is 11.3 Å². The first kappa shape index (κ1) is 15.0. The molecule has 3 rings (SSSR count). The Bertz CT molecular complexity index is 660. The van der Waals surface area contributed by atoms with Gasteiger partial charge in [-0.3, -0.25) is 0 Å². The van der Waals surface area contributed by atoms with E-state index in [1.165, 1.54) is 4.88 Å². The number of ether oxygens (including phenoxy) is 1. The van der Waals surface area contributed by atoms with Crippen LogP contribution in [0.2, 0.25) is 5.28 Å². The quantitative estimate of drug-likeness (QED) is 0.802. The van der Waals surface area contributed by atoms with E-state index in [-0.39, 0.29) is 5.60 Å². The number of halogens is 1. The topological polar surface area (TPSA) is 38.2 Å². The minimum atomic E-state index is -0.119. The maximum atomic E-state index is 6.13. The fraction of sp³-hybridized carbons (Fsp3) is 0.600. The molecule has 0 saturated carbocycles. The first-order valence-electron chi connectivity index (χ1n) is 7.31. The molecule has 114 valence electrons. The van der Waals surface area contributed by atoms with E-state index in [1.807, 2.05) is 0 Å². The lowest BCUT2D eigenvalue weighted by molar-refractivity contribution is -0.00475. The van der Waals surface area contributed by atoms with E-state index in [0.717, 1.165) is 48.4 Å². The van der Waals surface area contributed by atoms with Crippen LogP contribution < -0.4 is 4.90 Å². The van der Waals surface area contributed by atoms with Crippen LogP contribution in [0.5, 0.6) is 0 Å². The van der Waals surface area contributed by atoms with E-state index in [1.54, 1.807) is 18.4 Å². The molecule has 1 saturated heterocycles. The number of methoxy groups -OCH3 is 1. The predicted octanol–water partition coefficient (Wildman–Crippen LogP) is 3.91.